The Hall–Kier alpha value is -1.31. The Bertz CT molecular complexity index is 701. The maximum Gasteiger partial charge on any atom is 0.211 e. The molecule has 8 heteroatoms. The van der Waals surface area contributed by atoms with E-state index in [9.17, 15) is 8.42 Å². The first-order valence-electron chi connectivity index (χ1n) is 9.10. The minimum absolute atomic E-state index is 0.427. The quantitative estimate of drug-likeness (QED) is 0.543. The molecule has 146 valence electrons. The maximum atomic E-state index is 11.6. The maximum absolute atomic E-state index is 11.6. The van der Waals surface area contributed by atoms with Gasteiger partial charge in [-0.05, 0) is 49.8 Å². The highest BCUT2D eigenvalue weighted by Crippen LogP contribution is 2.19. The van der Waals surface area contributed by atoms with Gasteiger partial charge in [0.2, 0.25) is 10.0 Å². The third-order valence-corrected chi connectivity index (χ3v) is 6.03. The summed E-state index contributed by atoms with van der Waals surface area (Å²) in [5, 5.41) is 7.36. The molecule has 2 N–H and O–H groups in total. The Kier molecular flexibility index (Phi) is 8.18. The number of benzene rings is 1. The minimum Gasteiger partial charge on any atom is -0.357 e. The average molecular weight is 401 g/mol. The number of piperidine rings is 1. The molecule has 0 aromatic heterocycles. The highest BCUT2D eigenvalue weighted by molar-refractivity contribution is 7.88. The molecule has 0 aliphatic carbocycles. The summed E-state index contributed by atoms with van der Waals surface area (Å²) in [5.41, 5.74) is 1.19. The zero-order valence-electron chi connectivity index (χ0n) is 15.5. The number of hydrogen-bond donors (Lipinski definition) is 2. The Morgan fingerprint density at radius 2 is 2.04 bits per heavy atom. The Morgan fingerprint density at radius 3 is 2.65 bits per heavy atom. The van der Waals surface area contributed by atoms with Crippen LogP contribution in [0.4, 0.5) is 0 Å². The molecule has 0 radical (unpaired) electrons. The third-order valence-electron chi connectivity index (χ3n) is 4.49. The van der Waals surface area contributed by atoms with Crippen molar-refractivity contribution in [2.75, 3.05) is 39.0 Å². The summed E-state index contributed by atoms with van der Waals surface area (Å²) in [4.78, 5) is 4.67. The van der Waals surface area contributed by atoms with Gasteiger partial charge in [0.1, 0.15) is 0 Å². The molecular formula is C18H29ClN4O2S. The van der Waals surface area contributed by atoms with Crippen molar-refractivity contribution in [3.63, 3.8) is 0 Å². The normalized spacial score (nSPS) is 17.3. The fourth-order valence-corrected chi connectivity index (χ4v) is 4.09. The van der Waals surface area contributed by atoms with Crippen LogP contribution in [0.3, 0.4) is 0 Å². The van der Waals surface area contributed by atoms with Crippen LogP contribution in [0.1, 0.15) is 25.3 Å². The molecule has 0 spiro atoms. The molecule has 0 atom stereocenters. The molecule has 26 heavy (non-hydrogen) atoms. The Balaban J connectivity index is 1.79. The van der Waals surface area contributed by atoms with Crippen molar-refractivity contribution < 1.29 is 8.42 Å². The van der Waals surface area contributed by atoms with Crippen LogP contribution in [0, 0.1) is 5.92 Å². The van der Waals surface area contributed by atoms with Crippen LogP contribution < -0.4 is 10.6 Å². The number of sulfonamides is 1. The van der Waals surface area contributed by atoms with Crippen molar-refractivity contribution in [1.29, 1.82) is 0 Å². The minimum atomic E-state index is -3.07. The summed E-state index contributed by atoms with van der Waals surface area (Å²) < 4.78 is 24.7. The van der Waals surface area contributed by atoms with Crippen LogP contribution in [0.15, 0.2) is 29.3 Å². The van der Waals surface area contributed by atoms with Gasteiger partial charge in [-0.3, -0.25) is 4.99 Å². The van der Waals surface area contributed by atoms with E-state index >= 15 is 0 Å². The van der Waals surface area contributed by atoms with Gasteiger partial charge in [-0.25, -0.2) is 12.7 Å². The van der Waals surface area contributed by atoms with E-state index in [-0.39, 0.29) is 0 Å². The van der Waals surface area contributed by atoms with Crippen LogP contribution in [-0.4, -0.2) is 57.7 Å². The van der Waals surface area contributed by atoms with E-state index in [2.05, 4.69) is 21.7 Å². The van der Waals surface area contributed by atoms with Gasteiger partial charge in [-0.15, -0.1) is 0 Å². The molecule has 1 aromatic carbocycles. The van der Waals surface area contributed by atoms with Crippen molar-refractivity contribution >= 4 is 27.6 Å². The van der Waals surface area contributed by atoms with Gasteiger partial charge in [0.05, 0.1) is 6.26 Å². The SMILES string of the molecule is CCNC(=NCC1CCN(S(C)(=O)=O)CC1)NCCc1cccc(Cl)c1. The summed E-state index contributed by atoms with van der Waals surface area (Å²) in [6.07, 6.45) is 3.87. The number of guanidine groups is 1. The summed E-state index contributed by atoms with van der Waals surface area (Å²) in [6, 6.07) is 7.87. The van der Waals surface area contributed by atoms with Crippen LogP contribution in [-0.2, 0) is 16.4 Å². The first-order chi connectivity index (χ1) is 12.4. The number of nitrogens with zero attached hydrogens (tertiary/aromatic N) is 2. The lowest BCUT2D eigenvalue weighted by Crippen LogP contribution is -2.40. The number of hydrogen-bond acceptors (Lipinski definition) is 3. The molecular weight excluding hydrogens is 372 g/mol. The lowest BCUT2D eigenvalue weighted by Gasteiger charge is -2.29. The van der Waals surface area contributed by atoms with E-state index in [0.29, 0.717) is 25.6 Å². The second-order valence-corrected chi connectivity index (χ2v) is 9.05. The molecule has 1 aromatic rings. The summed E-state index contributed by atoms with van der Waals surface area (Å²) in [7, 11) is -3.07. The molecule has 1 aliphatic heterocycles. The molecule has 6 nitrogen and oxygen atoms in total. The van der Waals surface area contributed by atoms with Crippen molar-refractivity contribution in [1.82, 2.24) is 14.9 Å². The highest BCUT2D eigenvalue weighted by atomic mass is 35.5. The molecule has 1 aliphatic rings. The third kappa shape index (κ3) is 7.13. The first-order valence-corrected chi connectivity index (χ1v) is 11.3. The number of halogens is 1. The molecule has 2 rings (SSSR count). The smallest absolute Gasteiger partial charge is 0.211 e. The monoisotopic (exact) mass is 400 g/mol. The van der Waals surface area contributed by atoms with Gasteiger partial charge in [-0.1, -0.05) is 23.7 Å². The number of rotatable bonds is 7. The standard InChI is InChI=1S/C18H29ClN4O2S/c1-3-20-18(21-10-7-15-5-4-6-17(19)13-15)22-14-16-8-11-23(12-9-16)26(2,24)25/h4-6,13,16H,3,7-12,14H2,1-2H3,(H2,20,21,22). The summed E-state index contributed by atoms with van der Waals surface area (Å²) in [5.74, 6) is 1.23. The van der Waals surface area contributed by atoms with Gasteiger partial charge < -0.3 is 10.6 Å². The topological polar surface area (TPSA) is 73.8 Å². The van der Waals surface area contributed by atoms with Gasteiger partial charge in [-0.2, -0.15) is 0 Å². The zero-order chi connectivity index (χ0) is 19.0. The van der Waals surface area contributed by atoms with Crippen molar-refractivity contribution in [2.24, 2.45) is 10.9 Å². The molecule has 1 heterocycles. The fourth-order valence-electron chi connectivity index (χ4n) is 3.00. The van der Waals surface area contributed by atoms with Crippen LogP contribution in [0.25, 0.3) is 0 Å². The number of aliphatic imine (C=N–C) groups is 1. The van der Waals surface area contributed by atoms with E-state index in [0.717, 1.165) is 43.3 Å². The molecule has 0 bridgehead atoms. The molecule has 1 fully saturated rings. The van der Waals surface area contributed by atoms with Gasteiger partial charge in [0, 0.05) is 37.7 Å². The first kappa shape index (κ1) is 21.0. The molecule has 1 saturated heterocycles. The lowest BCUT2D eigenvalue weighted by atomic mass is 9.98. The largest absolute Gasteiger partial charge is 0.357 e. The molecule has 0 amide bonds. The molecule has 0 unspecified atom stereocenters. The average Bonchev–Trinajstić information content (AvgIpc) is 2.59. The summed E-state index contributed by atoms with van der Waals surface area (Å²) in [6.45, 7) is 5.52. The molecule has 0 saturated carbocycles. The number of nitrogens with one attached hydrogen (secondary N) is 2. The van der Waals surface area contributed by atoms with E-state index < -0.39 is 10.0 Å². The van der Waals surface area contributed by atoms with Gasteiger partial charge in [0.15, 0.2) is 5.96 Å². The predicted molar refractivity (Wildman–Crippen MR) is 108 cm³/mol. The van der Waals surface area contributed by atoms with E-state index in [1.807, 2.05) is 25.1 Å². The summed E-state index contributed by atoms with van der Waals surface area (Å²) >= 11 is 6.01. The van der Waals surface area contributed by atoms with Crippen LogP contribution in [0.5, 0.6) is 0 Å². The zero-order valence-corrected chi connectivity index (χ0v) is 17.1. The lowest BCUT2D eigenvalue weighted by molar-refractivity contribution is 0.280. The van der Waals surface area contributed by atoms with E-state index in [1.165, 1.54) is 11.8 Å². The highest BCUT2D eigenvalue weighted by Gasteiger charge is 2.24. The van der Waals surface area contributed by atoms with Gasteiger partial charge >= 0.3 is 0 Å². The van der Waals surface area contributed by atoms with E-state index in [4.69, 9.17) is 11.6 Å². The fraction of sp³-hybridized carbons (Fsp3) is 0.611. The predicted octanol–water partition coefficient (Wildman–Crippen LogP) is 2.11. The van der Waals surface area contributed by atoms with Crippen molar-refractivity contribution in [2.45, 2.75) is 26.2 Å². The van der Waals surface area contributed by atoms with Crippen LogP contribution >= 0.6 is 11.6 Å². The Labute approximate surface area is 162 Å². The van der Waals surface area contributed by atoms with Crippen molar-refractivity contribution in [3.05, 3.63) is 34.9 Å². The second-order valence-electron chi connectivity index (χ2n) is 6.63. The van der Waals surface area contributed by atoms with Gasteiger partial charge in [0.25, 0.3) is 0 Å². The van der Waals surface area contributed by atoms with E-state index in [1.54, 1.807) is 4.31 Å². The van der Waals surface area contributed by atoms with Crippen LogP contribution in [0.2, 0.25) is 5.02 Å². The van der Waals surface area contributed by atoms with Crippen molar-refractivity contribution in [3.8, 4) is 0 Å². The Morgan fingerprint density at radius 1 is 1.31 bits per heavy atom. The second kappa shape index (κ2) is 10.1.